The van der Waals surface area contributed by atoms with Crippen LogP contribution in [0, 0.1) is 0 Å². The molecule has 0 aromatic heterocycles. The van der Waals surface area contributed by atoms with Gasteiger partial charge in [-0.1, -0.05) is 66.2 Å². The summed E-state index contributed by atoms with van der Waals surface area (Å²) in [4.78, 5) is 1.18. The fraction of sp³-hybridized carbons (Fsp3) is 0.167. The summed E-state index contributed by atoms with van der Waals surface area (Å²) in [5.41, 5.74) is 7.03. The van der Waals surface area contributed by atoms with Gasteiger partial charge >= 0.3 is 0 Å². The van der Waals surface area contributed by atoms with Crippen LogP contribution in [0.2, 0.25) is 5.02 Å². The lowest BCUT2D eigenvalue weighted by Crippen LogP contribution is -2.04. The summed E-state index contributed by atoms with van der Waals surface area (Å²) in [6, 6.07) is 25.6. The second kappa shape index (κ2) is 8.79. The normalized spacial score (nSPS) is 12.9. The van der Waals surface area contributed by atoms with Crippen molar-refractivity contribution in [1.29, 1.82) is 0 Å². The Balaban J connectivity index is 1.49. The Bertz CT molecular complexity index is 897. The Morgan fingerprint density at radius 2 is 1.41 bits per heavy atom. The van der Waals surface area contributed by atoms with Gasteiger partial charge in [0.2, 0.25) is 0 Å². The summed E-state index contributed by atoms with van der Waals surface area (Å²) in [5, 5.41) is 0.773. The third-order valence-corrected chi connectivity index (χ3v) is 5.99. The van der Waals surface area contributed by atoms with Gasteiger partial charge in [-0.05, 0) is 83.3 Å². The maximum absolute atomic E-state index is 5.94. The third-order valence-electron chi connectivity index (χ3n) is 4.88. The maximum atomic E-state index is 5.94. The molecule has 0 saturated carbocycles. The Labute approximate surface area is 170 Å². The fourth-order valence-electron chi connectivity index (χ4n) is 3.55. The molecule has 3 heteroatoms. The molecule has 0 bridgehead atoms. The minimum atomic E-state index is 0.773. The van der Waals surface area contributed by atoms with Crippen molar-refractivity contribution in [2.45, 2.75) is 24.2 Å². The van der Waals surface area contributed by atoms with Crippen molar-refractivity contribution in [3.05, 3.63) is 106 Å². The standard InChI is InChI=1S/C24H22ClNS/c25-20-13-15-21(16-14-20)27-26-17-5-10-24-22-8-3-1-6-18(22)11-12-19-7-2-4-9-23(19)24/h1-4,6-10,13-16,26H,5,11-12,17H2. The van der Waals surface area contributed by atoms with Crippen LogP contribution in [0.15, 0.2) is 83.8 Å². The summed E-state index contributed by atoms with van der Waals surface area (Å²) in [5.74, 6) is 0. The van der Waals surface area contributed by atoms with Crippen molar-refractivity contribution in [2.24, 2.45) is 0 Å². The first-order chi connectivity index (χ1) is 13.3. The van der Waals surface area contributed by atoms with Gasteiger partial charge in [0.15, 0.2) is 0 Å². The quantitative estimate of drug-likeness (QED) is 0.390. The molecular weight excluding hydrogens is 370 g/mol. The van der Waals surface area contributed by atoms with Crippen molar-refractivity contribution in [3.8, 4) is 0 Å². The van der Waals surface area contributed by atoms with Crippen LogP contribution in [0.4, 0.5) is 0 Å². The SMILES string of the molecule is Clc1ccc(SNCCC=C2c3ccccc3CCc3ccccc32)cc1. The average molecular weight is 392 g/mol. The number of aryl methyl sites for hydroxylation is 2. The molecule has 0 saturated heterocycles. The van der Waals surface area contributed by atoms with Crippen LogP contribution in [0.25, 0.3) is 5.57 Å². The number of rotatable bonds is 5. The molecule has 3 aromatic carbocycles. The molecule has 0 amide bonds. The molecular formula is C24H22ClNS. The van der Waals surface area contributed by atoms with E-state index >= 15 is 0 Å². The zero-order chi connectivity index (χ0) is 18.5. The molecule has 0 unspecified atom stereocenters. The van der Waals surface area contributed by atoms with Crippen LogP contribution < -0.4 is 4.72 Å². The third kappa shape index (κ3) is 4.47. The van der Waals surface area contributed by atoms with Gasteiger partial charge in [0.25, 0.3) is 0 Å². The van der Waals surface area contributed by atoms with Crippen molar-refractivity contribution in [1.82, 2.24) is 4.72 Å². The van der Waals surface area contributed by atoms with Gasteiger partial charge in [-0.2, -0.15) is 0 Å². The minimum absolute atomic E-state index is 0.773. The van der Waals surface area contributed by atoms with E-state index in [1.807, 2.05) is 24.3 Å². The van der Waals surface area contributed by atoms with Crippen LogP contribution in [-0.2, 0) is 12.8 Å². The van der Waals surface area contributed by atoms with E-state index in [9.17, 15) is 0 Å². The molecule has 1 N–H and O–H groups in total. The average Bonchev–Trinajstić information content (AvgIpc) is 2.86. The summed E-state index contributed by atoms with van der Waals surface area (Å²) < 4.78 is 3.45. The molecule has 1 nitrogen and oxygen atoms in total. The summed E-state index contributed by atoms with van der Waals surface area (Å²) in [6.07, 6.45) is 5.58. The fourth-order valence-corrected chi connectivity index (χ4v) is 4.33. The first-order valence-electron chi connectivity index (χ1n) is 9.33. The van der Waals surface area contributed by atoms with Crippen LogP contribution >= 0.6 is 23.5 Å². The lowest BCUT2D eigenvalue weighted by Gasteiger charge is -2.12. The molecule has 0 atom stereocenters. The van der Waals surface area contributed by atoms with Crippen molar-refractivity contribution in [3.63, 3.8) is 0 Å². The molecule has 0 heterocycles. The maximum Gasteiger partial charge on any atom is 0.0406 e. The lowest BCUT2D eigenvalue weighted by molar-refractivity contribution is 0.937. The first-order valence-corrected chi connectivity index (χ1v) is 10.5. The van der Waals surface area contributed by atoms with Gasteiger partial charge in [-0.25, -0.2) is 0 Å². The molecule has 3 aromatic rings. The second-order valence-corrected chi connectivity index (χ2v) is 8.07. The Kier molecular flexibility index (Phi) is 5.98. The highest BCUT2D eigenvalue weighted by Gasteiger charge is 2.16. The van der Waals surface area contributed by atoms with Crippen molar-refractivity contribution < 1.29 is 0 Å². The monoisotopic (exact) mass is 391 g/mol. The molecule has 4 rings (SSSR count). The topological polar surface area (TPSA) is 12.0 Å². The molecule has 27 heavy (non-hydrogen) atoms. The van der Waals surface area contributed by atoms with E-state index in [1.54, 1.807) is 11.9 Å². The molecule has 1 aliphatic rings. The van der Waals surface area contributed by atoms with E-state index < -0.39 is 0 Å². The predicted octanol–water partition coefficient (Wildman–Crippen LogP) is 6.56. The van der Waals surface area contributed by atoms with E-state index in [2.05, 4.69) is 59.3 Å². The zero-order valence-corrected chi connectivity index (χ0v) is 16.7. The van der Waals surface area contributed by atoms with Gasteiger partial charge in [-0.3, -0.25) is 4.72 Å². The summed E-state index contributed by atoms with van der Waals surface area (Å²) in [6.45, 7) is 0.918. The minimum Gasteiger partial charge on any atom is -0.260 e. The van der Waals surface area contributed by atoms with E-state index in [0.29, 0.717) is 0 Å². The number of fused-ring (bicyclic) bond motifs is 2. The van der Waals surface area contributed by atoms with Crippen LogP contribution in [-0.4, -0.2) is 6.54 Å². The van der Waals surface area contributed by atoms with Gasteiger partial charge < -0.3 is 0 Å². The molecule has 1 aliphatic carbocycles. The van der Waals surface area contributed by atoms with Crippen molar-refractivity contribution >= 4 is 29.1 Å². The highest BCUT2D eigenvalue weighted by atomic mass is 35.5. The highest BCUT2D eigenvalue weighted by molar-refractivity contribution is 7.97. The summed E-state index contributed by atoms with van der Waals surface area (Å²) in [7, 11) is 0. The summed E-state index contributed by atoms with van der Waals surface area (Å²) >= 11 is 7.59. The molecule has 0 spiro atoms. The highest BCUT2D eigenvalue weighted by Crippen LogP contribution is 2.33. The van der Waals surface area contributed by atoms with Crippen LogP contribution in [0.5, 0.6) is 0 Å². The smallest absolute Gasteiger partial charge is 0.0406 e. The van der Waals surface area contributed by atoms with E-state index in [1.165, 1.54) is 32.7 Å². The van der Waals surface area contributed by atoms with Crippen molar-refractivity contribution in [2.75, 3.05) is 6.54 Å². The number of hydrogen-bond donors (Lipinski definition) is 1. The Morgan fingerprint density at radius 3 is 2.04 bits per heavy atom. The molecule has 0 fully saturated rings. The Morgan fingerprint density at radius 1 is 0.815 bits per heavy atom. The van der Waals surface area contributed by atoms with E-state index in [-0.39, 0.29) is 0 Å². The largest absolute Gasteiger partial charge is 0.260 e. The number of hydrogen-bond acceptors (Lipinski definition) is 2. The van der Waals surface area contributed by atoms with E-state index in [4.69, 9.17) is 11.6 Å². The van der Waals surface area contributed by atoms with Gasteiger partial charge in [-0.15, -0.1) is 0 Å². The lowest BCUT2D eigenvalue weighted by atomic mass is 9.93. The van der Waals surface area contributed by atoms with Crippen LogP contribution in [0.3, 0.4) is 0 Å². The predicted molar refractivity (Wildman–Crippen MR) is 117 cm³/mol. The zero-order valence-electron chi connectivity index (χ0n) is 15.1. The van der Waals surface area contributed by atoms with Crippen LogP contribution in [0.1, 0.15) is 28.7 Å². The second-order valence-electron chi connectivity index (χ2n) is 6.67. The molecule has 0 radical (unpaired) electrons. The van der Waals surface area contributed by atoms with Gasteiger partial charge in [0.05, 0.1) is 0 Å². The first kappa shape index (κ1) is 18.4. The van der Waals surface area contributed by atoms with E-state index in [0.717, 1.165) is 30.8 Å². The number of nitrogens with one attached hydrogen (secondary N) is 1. The number of benzene rings is 3. The molecule has 136 valence electrons. The van der Waals surface area contributed by atoms with Gasteiger partial charge in [0.1, 0.15) is 0 Å². The van der Waals surface area contributed by atoms with Gasteiger partial charge in [0, 0.05) is 16.5 Å². The number of halogens is 1. The molecule has 0 aliphatic heterocycles. The Hall–Kier alpha value is -2.00.